The van der Waals surface area contributed by atoms with Crippen molar-refractivity contribution < 1.29 is 27.8 Å². The van der Waals surface area contributed by atoms with Crippen molar-refractivity contribution in [1.29, 1.82) is 0 Å². The van der Waals surface area contributed by atoms with E-state index in [1.165, 1.54) is 35.7 Å². The lowest BCUT2D eigenvalue weighted by Crippen LogP contribution is -2.47. The average molecular weight is 813 g/mol. The molecule has 57 heavy (non-hydrogen) atoms. The van der Waals surface area contributed by atoms with Crippen molar-refractivity contribution in [3.05, 3.63) is 143 Å². The molecule has 8 rings (SSSR count). The van der Waals surface area contributed by atoms with Crippen molar-refractivity contribution in [2.75, 3.05) is 25.7 Å². The first-order valence-corrected chi connectivity index (χ1v) is 21.0. The molecule has 0 spiro atoms. The van der Waals surface area contributed by atoms with Crippen LogP contribution in [0, 0.1) is 23.5 Å². The van der Waals surface area contributed by atoms with Gasteiger partial charge in [0, 0.05) is 59.8 Å². The van der Waals surface area contributed by atoms with Crippen LogP contribution in [0.25, 0.3) is 0 Å². The minimum atomic E-state index is -0.662. The second-order valence-corrected chi connectivity index (χ2v) is 16.6. The van der Waals surface area contributed by atoms with Gasteiger partial charge in [-0.05, 0) is 74.9 Å². The number of amides is 2. The number of methoxy groups -OCH3 is 2. The molecular formula is C45H50F2N4O4S2. The lowest BCUT2D eigenvalue weighted by molar-refractivity contribution is 0.0228. The van der Waals surface area contributed by atoms with E-state index in [1.54, 1.807) is 50.6 Å². The number of amidine groups is 2. The van der Waals surface area contributed by atoms with Crippen LogP contribution in [0.4, 0.5) is 8.78 Å². The van der Waals surface area contributed by atoms with Gasteiger partial charge < -0.3 is 20.1 Å². The molecule has 4 aromatic carbocycles. The van der Waals surface area contributed by atoms with Crippen molar-refractivity contribution in [2.24, 2.45) is 21.8 Å². The largest absolute Gasteiger partial charge is 0.381 e. The Hall–Kier alpha value is -4.36. The summed E-state index contributed by atoms with van der Waals surface area (Å²) >= 11 is 3.05. The molecule has 0 saturated heterocycles. The van der Waals surface area contributed by atoms with Gasteiger partial charge in [0.05, 0.1) is 23.3 Å². The Kier molecular flexibility index (Phi) is 14.0. The number of rotatable bonds is 6. The van der Waals surface area contributed by atoms with Gasteiger partial charge in [-0.2, -0.15) is 0 Å². The molecule has 2 N–H and O–H groups in total. The zero-order valence-electron chi connectivity index (χ0n) is 31.5. The molecular weight excluding hydrogens is 763 g/mol. The van der Waals surface area contributed by atoms with Gasteiger partial charge in [0.15, 0.2) is 10.3 Å². The monoisotopic (exact) mass is 812 g/mol. The highest BCUT2D eigenvalue weighted by atomic mass is 32.2. The summed E-state index contributed by atoms with van der Waals surface area (Å²) in [6, 6.07) is 31.8. The van der Waals surface area contributed by atoms with E-state index in [4.69, 9.17) is 19.5 Å². The van der Waals surface area contributed by atoms with Crippen molar-refractivity contribution in [1.82, 2.24) is 10.6 Å². The number of halogens is 2. The van der Waals surface area contributed by atoms with Gasteiger partial charge in [0.2, 0.25) is 0 Å². The molecule has 2 amide bonds. The molecule has 4 aliphatic rings. The molecule has 12 heteroatoms. The van der Waals surface area contributed by atoms with Gasteiger partial charge in [-0.3, -0.25) is 19.6 Å². The number of carbonyl (C=O) groups excluding carboxylic acids is 2. The first-order chi connectivity index (χ1) is 27.2. The van der Waals surface area contributed by atoms with Gasteiger partial charge in [-0.15, -0.1) is 0 Å². The fourth-order valence-electron chi connectivity index (χ4n) is 8.45. The molecule has 0 unspecified atom stereocenters. The molecule has 8 nitrogen and oxygen atoms in total. The van der Waals surface area contributed by atoms with E-state index in [0.717, 1.165) is 37.2 Å². The molecule has 2 aliphatic carbocycles. The lowest BCUT2D eigenvalue weighted by Gasteiger charge is -2.46. The second-order valence-electron chi connectivity index (χ2n) is 14.6. The van der Waals surface area contributed by atoms with Crippen LogP contribution < -0.4 is 10.6 Å². The van der Waals surface area contributed by atoms with E-state index >= 15 is 0 Å². The Morgan fingerprint density at radius 3 is 1.35 bits per heavy atom. The topological polar surface area (TPSA) is 101 Å². The summed E-state index contributed by atoms with van der Waals surface area (Å²) in [6.45, 7) is 0. The average Bonchev–Trinajstić information content (AvgIpc) is 3.24. The predicted molar refractivity (Wildman–Crippen MR) is 227 cm³/mol. The van der Waals surface area contributed by atoms with E-state index in [0.29, 0.717) is 45.4 Å². The minimum Gasteiger partial charge on any atom is -0.381 e. The Balaban J connectivity index is 0.000000189. The van der Waals surface area contributed by atoms with Crippen LogP contribution in [0.1, 0.15) is 77.8 Å². The second kappa shape index (κ2) is 18.9. The summed E-state index contributed by atoms with van der Waals surface area (Å²) in [6.07, 6.45) is 5.03. The van der Waals surface area contributed by atoms with E-state index in [-0.39, 0.29) is 54.9 Å². The number of benzene rings is 4. The van der Waals surface area contributed by atoms with Gasteiger partial charge in [0.1, 0.15) is 11.6 Å². The van der Waals surface area contributed by atoms with Crippen molar-refractivity contribution in [3.63, 3.8) is 0 Å². The third-order valence-corrected chi connectivity index (χ3v) is 13.5. The first kappa shape index (κ1) is 42.3. The SMILES string of the molecule is C.CO[C@@H]1CC[C@]2(c3ccccc3F)N=C(NC(=O)c3ccccc3)SC[C@@H]2C1.CO[C@H]1CC[C@]2(c3ccccc3F)N=C(NC(=O)c3ccccc3)SC[C@@H]2C1. The summed E-state index contributed by atoms with van der Waals surface area (Å²) < 4.78 is 40.7. The van der Waals surface area contributed by atoms with E-state index < -0.39 is 11.1 Å². The number of thioether (sulfide) groups is 2. The van der Waals surface area contributed by atoms with Crippen molar-refractivity contribution in [2.45, 2.75) is 69.2 Å². The Labute approximate surface area is 342 Å². The molecule has 0 bridgehead atoms. The first-order valence-electron chi connectivity index (χ1n) is 19.0. The number of aliphatic imine (C=N–C) groups is 2. The van der Waals surface area contributed by atoms with Gasteiger partial charge in [-0.25, -0.2) is 8.78 Å². The van der Waals surface area contributed by atoms with E-state index in [1.807, 2.05) is 60.7 Å². The molecule has 2 fully saturated rings. The Bertz CT molecular complexity index is 1930. The van der Waals surface area contributed by atoms with Crippen LogP contribution >= 0.6 is 23.5 Å². The maximum atomic E-state index is 14.8. The van der Waals surface area contributed by atoms with Crippen LogP contribution in [0.5, 0.6) is 0 Å². The van der Waals surface area contributed by atoms with Crippen LogP contribution in [-0.4, -0.2) is 60.1 Å². The molecule has 0 aromatic heterocycles. The normalized spacial score (nSPS) is 26.4. The summed E-state index contributed by atoms with van der Waals surface area (Å²) in [7, 11) is 3.46. The van der Waals surface area contributed by atoms with Gasteiger partial charge in [0.25, 0.3) is 11.8 Å². The lowest BCUT2D eigenvalue weighted by atomic mass is 9.68. The number of hydrogen-bond acceptors (Lipinski definition) is 8. The highest BCUT2D eigenvalue weighted by Gasteiger charge is 2.50. The van der Waals surface area contributed by atoms with Crippen LogP contribution in [0.2, 0.25) is 0 Å². The number of carbonyl (C=O) groups is 2. The Morgan fingerprint density at radius 2 is 0.982 bits per heavy atom. The van der Waals surface area contributed by atoms with Gasteiger partial charge in [-0.1, -0.05) is 104 Å². The zero-order valence-corrected chi connectivity index (χ0v) is 33.1. The third kappa shape index (κ3) is 9.19. The third-order valence-electron chi connectivity index (χ3n) is 11.4. The molecule has 4 aromatic rings. The van der Waals surface area contributed by atoms with Crippen LogP contribution in [-0.2, 0) is 20.6 Å². The quantitative estimate of drug-likeness (QED) is 0.201. The number of nitrogens with zero attached hydrogens (tertiary/aromatic N) is 2. The smallest absolute Gasteiger partial charge is 0.257 e. The van der Waals surface area contributed by atoms with Crippen LogP contribution in [0.15, 0.2) is 119 Å². The fourth-order valence-corrected chi connectivity index (χ4v) is 10.8. The zero-order chi connectivity index (χ0) is 39.1. The standard InChI is InChI=1S/2C22H23FN2O2S.CH4/c2*1-27-17-11-12-22(18-9-5-6-10-19(18)23)16(13-17)14-28-21(25-22)24-20(26)15-7-3-2-4-8-15;/h2*2-10,16-17H,11-14H2,1H3,(H,24,25,26);1H4/t16-,17+,22-;16-,17-,22-;/m00./s1. The number of hydrogen-bond donors (Lipinski definition) is 2. The highest BCUT2D eigenvalue weighted by molar-refractivity contribution is 8.14. The predicted octanol–water partition coefficient (Wildman–Crippen LogP) is 9.37. The molecule has 2 aliphatic heterocycles. The summed E-state index contributed by atoms with van der Waals surface area (Å²) in [5, 5.41) is 6.97. The maximum Gasteiger partial charge on any atom is 0.257 e. The maximum absolute atomic E-state index is 14.8. The summed E-state index contributed by atoms with van der Waals surface area (Å²) in [4.78, 5) is 35.1. The van der Waals surface area contributed by atoms with Crippen LogP contribution in [0.3, 0.4) is 0 Å². The molecule has 2 saturated carbocycles. The van der Waals surface area contributed by atoms with Crippen molar-refractivity contribution in [3.8, 4) is 0 Å². The van der Waals surface area contributed by atoms with Crippen molar-refractivity contribution >= 4 is 45.7 Å². The molecule has 2 heterocycles. The summed E-state index contributed by atoms with van der Waals surface area (Å²) in [5.41, 5.74) is 1.06. The molecule has 6 atom stereocenters. The highest BCUT2D eigenvalue weighted by Crippen LogP contribution is 2.51. The number of fused-ring (bicyclic) bond motifs is 2. The van der Waals surface area contributed by atoms with Gasteiger partial charge >= 0.3 is 0 Å². The summed E-state index contributed by atoms with van der Waals surface area (Å²) in [5.74, 6) is 0.972. The Morgan fingerprint density at radius 1 is 0.614 bits per heavy atom. The number of ether oxygens (including phenoxy) is 2. The molecule has 300 valence electrons. The minimum absolute atomic E-state index is 0. The van der Waals surface area contributed by atoms with E-state index in [2.05, 4.69) is 10.6 Å². The fraction of sp³-hybridized carbons (Fsp3) is 0.378. The number of nitrogens with one attached hydrogen (secondary N) is 2. The van der Waals surface area contributed by atoms with E-state index in [9.17, 15) is 18.4 Å². The molecule has 0 radical (unpaired) electrons.